The number of amides is 1. The standard InChI is InChI=1S/C16H17ClN2O3/c1-11-18-15(10-21-11)16(20)19-8-6-14(7-9-19)22-13-4-2-12(17)3-5-13/h2-5,10,14H,6-9H2,1H3. The SMILES string of the molecule is Cc1nc(C(=O)N2CCC(Oc3ccc(Cl)cc3)CC2)co1. The van der Waals surface area contributed by atoms with Crippen LogP contribution in [0.5, 0.6) is 5.75 Å². The molecule has 22 heavy (non-hydrogen) atoms. The summed E-state index contributed by atoms with van der Waals surface area (Å²) in [6, 6.07) is 7.33. The Hall–Kier alpha value is -2.01. The van der Waals surface area contributed by atoms with Gasteiger partial charge in [-0.2, -0.15) is 0 Å². The normalized spacial score (nSPS) is 15.8. The third-order valence-electron chi connectivity index (χ3n) is 3.68. The number of hydrogen-bond acceptors (Lipinski definition) is 4. The number of likely N-dealkylation sites (tertiary alicyclic amines) is 1. The van der Waals surface area contributed by atoms with Crippen molar-refractivity contribution in [1.82, 2.24) is 9.88 Å². The third-order valence-corrected chi connectivity index (χ3v) is 3.94. The zero-order chi connectivity index (χ0) is 15.5. The number of rotatable bonds is 3. The van der Waals surface area contributed by atoms with Crippen molar-refractivity contribution in [3.63, 3.8) is 0 Å². The number of aryl methyl sites for hydroxylation is 1. The molecule has 0 saturated carbocycles. The van der Waals surface area contributed by atoms with Crippen LogP contribution in [0.1, 0.15) is 29.2 Å². The van der Waals surface area contributed by atoms with Gasteiger partial charge >= 0.3 is 0 Å². The van der Waals surface area contributed by atoms with Gasteiger partial charge in [-0.1, -0.05) is 11.6 Å². The summed E-state index contributed by atoms with van der Waals surface area (Å²) in [4.78, 5) is 18.1. The molecule has 0 N–H and O–H groups in total. The number of hydrogen-bond donors (Lipinski definition) is 0. The minimum atomic E-state index is -0.0817. The van der Waals surface area contributed by atoms with Crippen molar-refractivity contribution in [1.29, 1.82) is 0 Å². The summed E-state index contributed by atoms with van der Waals surface area (Å²) in [5, 5.41) is 0.690. The highest BCUT2D eigenvalue weighted by molar-refractivity contribution is 6.30. The lowest BCUT2D eigenvalue weighted by Crippen LogP contribution is -2.41. The fraction of sp³-hybridized carbons (Fsp3) is 0.375. The monoisotopic (exact) mass is 320 g/mol. The van der Waals surface area contributed by atoms with Crippen molar-refractivity contribution >= 4 is 17.5 Å². The van der Waals surface area contributed by atoms with Crippen molar-refractivity contribution in [3.05, 3.63) is 47.1 Å². The number of halogens is 1. The zero-order valence-electron chi connectivity index (χ0n) is 12.3. The molecule has 2 heterocycles. The number of ether oxygens (including phenoxy) is 1. The molecule has 3 rings (SSSR count). The maximum atomic E-state index is 12.3. The second-order valence-corrected chi connectivity index (χ2v) is 5.75. The largest absolute Gasteiger partial charge is 0.490 e. The van der Waals surface area contributed by atoms with Gasteiger partial charge in [-0.05, 0) is 24.3 Å². The molecule has 1 aliphatic rings. The first-order valence-corrected chi connectivity index (χ1v) is 7.63. The van der Waals surface area contributed by atoms with Crippen molar-refractivity contribution in [3.8, 4) is 5.75 Å². The Morgan fingerprint density at radius 3 is 2.59 bits per heavy atom. The number of carbonyl (C=O) groups excluding carboxylic acids is 1. The van der Waals surface area contributed by atoms with Crippen LogP contribution in [0.2, 0.25) is 5.02 Å². The van der Waals surface area contributed by atoms with Crippen LogP contribution < -0.4 is 4.74 Å². The topological polar surface area (TPSA) is 55.6 Å². The number of oxazole rings is 1. The van der Waals surface area contributed by atoms with Gasteiger partial charge < -0.3 is 14.1 Å². The highest BCUT2D eigenvalue weighted by atomic mass is 35.5. The molecule has 2 aromatic rings. The number of benzene rings is 1. The van der Waals surface area contributed by atoms with Gasteiger partial charge in [0, 0.05) is 37.9 Å². The Labute approximate surface area is 133 Å². The molecule has 1 aromatic heterocycles. The van der Waals surface area contributed by atoms with Crippen LogP contribution in [0.25, 0.3) is 0 Å². The van der Waals surface area contributed by atoms with E-state index >= 15 is 0 Å². The lowest BCUT2D eigenvalue weighted by Gasteiger charge is -2.31. The molecule has 0 radical (unpaired) electrons. The first-order valence-electron chi connectivity index (χ1n) is 7.25. The third kappa shape index (κ3) is 3.42. The van der Waals surface area contributed by atoms with Gasteiger partial charge in [0.15, 0.2) is 11.6 Å². The lowest BCUT2D eigenvalue weighted by atomic mass is 10.1. The zero-order valence-corrected chi connectivity index (χ0v) is 13.0. The average Bonchev–Trinajstić information content (AvgIpc) is 2.96. The van der Waals surface area contributed by atoms with E-state index in [2.05, 4.69) is 4.98 Å². The Balaban J connectivity index is 1.54. The smallest absolute Gasteiger partial charge is 0.275 e. The molecular weight excluding hydrogens is 304 g/mol. The molecule has 1 saturated heterocycles. The molecule has 1 amide bonds. The predicted octanol–water partition coefficient (Wildman–Crippen LogP) is 3.32. The van der Waals surface area contributed by atoms with Crippen molar-refractivity contribution in [2.45, 2.75) is 25.9 Å². The molecule has 6 heteroatoms. The average molecular weight is 321 g/mol. The van der Waals surface area contributed by atoms with Gasteiger partial charge in [0.05, 0.1) is 0 Å². The summed E-state index contributed by atoms with van der Waals surface area (Å²) in [5.41, 5.74) is 0.370. The van der Waals surface area contributed by atoms with Crippen LogP contribution in [0, 0.1) is 6.92 Å². The number of piperidine rings is 1. The van der Waals surface area contributed by atoms with E-state index in [1.807, 2.05) is 24.3 Å². The van der Waals surface area contributed by atoms with E-state index in [1.54, 1.807) is 11.8 Å². The molecule has 1 aromatic carbocycles. The number of aromatic nitrogens is 1. The molecule has 1 fully saturated rings. The van der Waals surface area contributed by atoms with Gasteiger partial charge in [0.25, 0.3) is 5.91 Å². The van der Waals surface area contributed by atoms with Crippen molar-refractivity contribution < 1.29 is 13.9 Å². The van der Waals surface area contributed by atoms with E-state index < -0.39 is 0 Å². The Morgan fingerprint density at radius 1 is 1.32 bits per heavy atom. The predicted molar refractivity (Wildman–Crippen MR) is 82.2 cm³/mol. The van der Waals surface area contributed by atoms with Crippen LogP contribution in [0.15, 0.2) is 34.9 Å². The van der Waals surface area contributed by atoms with Gasteiger partial charge in [-0.3, -0.25) is 4.79 Å². The maximum Gasteiger partial charge on any atom is 0.275 e. The summed E-state index contributed by atoms with van der Waals surface area (Å²) >= 11 is 5.86. The van der Waals surface area contributed by atoms with E-state index in [9.17, 15) is 4.79 Å². The van der Waals surface area contributed by atoms with E-state index in [0.29, 0.717) is 29.7 Å². The van der Waals surface area contributed by atoms with Gasteiger partial charge in [0.2, 0.25) is 0 Å². The lowest BCUT2D eigenvalue weighted by molar-refractivity contribution is 0.0590. The molecule has 5 nitrogen and oxygen atoms in total. The second kappa shape index (κ2) is 6.40. The first-order chi connectivity index (χ1) is 10.6. The van der Waals surface area contributed by atoms with Gasteiger partial charge in [-0.15, -0.1) is 0 Å². The highest BCUT2D eigenvalue weighted by Gasteiger charge is 2.26. The summed E-state index contributed by atoms with van der Waals surface area (Å²) < 4.78 is 11.0. The molecule has 0 aliphatic carbocycles. The van der Waals surface area contributed by atoms with Crippen LogP contribution >= 0.6 is 11.6 Å². The molecule has 1 aliphatic heterocycles. The Kier molecular flexibility index (Phi) is 4.34. The molecule has 0 bridgehead atoms. The van der Waals surface area contributed by atoms with Crippen LogP contribution in [-0.4, -0.2) is 35.0 Å². The second-order valence-electron chi connectivity index (χ2n) is 5.32. The summed E-state index contributed by atoms with van der Waals surface area (Å²) in [7, 11) is 0. The molecule has 0 spiro atoms. The van der Waals surface area contributed by atoms with Crippen LogP contribution in [0.3, 0.4) is 0 Å². The summed E-state index contributed by atoms with van der Waals surface area (Å²) in [6.45, 7) is 3.04. The van der Waals surface area contributed by atoms with Crippen molar-refractivity contribution in [2.24, 2.45) is 0 Å². The first kappa shape index (κ1) is 14.9. The van der Waals surface area contributed by atoms with Crippen LogP contribution in [-0.2, 0) is 0 Å². The Bertz CT molecular complexity index is 646. The molecule has 0 atom stereocenters. The molecule has 0 unspecified atom stereocenters. The van der Waals surface area contributed by atoms with Gasteiger partial charge in [-0.25, -0.2) is 4.98 Å². The molecular formula is C16H17ClN2O3. The summed E-state index contributed by atoms with van der Waals surface area (Å²) in [6.07, 6.45) is 3.12. The van der Waals surface area contributed by atoms with E-state index in [4.69, 9.17) is 20.8 Å². The van der Waals surface area contributed by atoms with Crippen molar-refractivity contribution in [2.75, 3.05) is 13.1 Å². The summed E-state index contributed by atoms with van der Waals surface area (Å²) in [5.74, 6) is 1.23. The van der Waals surface area contributed by atoms with Gasteiger partial charge in [0.1, 0.15) is 18.1 Å². The molecule has 116 valence electrons. The fourth-order valence-electron chi connectivity index (χ4n) is 2.51. The quantitative estimate of drug-likeness (QED) is 0.870. The van der Waals surface area contributed by atoms with E-state index in [0.717, 1.165) is 18.6 Å². The van der Waals surface area contributed by atoms with Crippen LogP contribution in [0.4, 0.5) is 0 Å². The number of nitrogens with zero attached hydrogens (tertiary/aromatic N) is 2. The highest BCUT2D eigenvalue weighted by Crippen LogP contribution is 2.21. The fourth-order valence-corrected chi connectivity index (χ4v) is 2.63. The minimum Gasteiger partial charge on any atom is -0.490 e. The Morgan fingerprint density at radius 2 is 2.00 bits per heavy atom. The van der Waals surface area contributed by atoms with E-state index in [-0.39, 0.29) is 12.0 Å². The number of carbonyl (C=O) groups is 1. The maximum absolute atomic E-state index is 12.3. The minimum absolute atomic E-state index is 0.0817. The van der Waals surface area contributed by atoms with E-state index in [1.165, 1.54) is 6.26 Å².